The highest BCUT2D eigenvalue weighted by Crippen LogP contribution is 2.18. The first-order valence-corrected chi connectivity index (χ1v) is 6.06. The minimum absolute atomic E-state index is 0.104. The van der Waals surface area contributed by atoms with Gasteiger partial charge in [0, 0.05) is 5.56 Å². The van der Waals surface area contributed by atoms with Gasteiger partial charge in [0.15, 0.2) is 0 Å². The second-order valence-electron chi connectivity index (χ2n) is 4.39. The van der Waals surface area contributed by atoms with Gasteiger partial charge in [-0.2, -0.15) is 0 Å². The molecule has 0 aromatic heterocycles. The Balaban J connectivity index is 2.17. The highest BCUT2D eigenvalue weighted by atomic mass is 16.5. The maximum absolute atomic E-state index is 12.0. The van der Waals surface area contributed by atoms with E-state index < -0.39 is 0 Å². The summed E-state index contributed by atoms with van der Waals surface area (Å²) in [4.78, 5) is 12.0. The Morgan fingerprint density at radius 1 is 1.17 bits per heavy atom. The number of ether oxygens (including phenoxy) is 1. The van der Waals surface area contributed by atoms with E-state index in [1.807, 2.05) is 56.3 Å². The number of hydrogen-bond donors (Lipinski definition) is 1. The number of hydrogen-bond acceptors (Lipinski definition) is 2. The van der Waals surface area contributed by atoms with Crippen LogP contribution in [0.4, 0.5) is 0 Å². The van der Waals surface area contributed by atoms with Gasteiger partial charge in [0.25, 0.3) is 5.91 Å². The first kappa shape index (κ1) is 12.6. The van der Waals surface area contributed by atoms with Crippen molar-refractivity contribution in [3.63, 3.8) is 0 Å². The molecular formula is C15H17NO2. The molecule has 2 rings (SSSR count). The molecule has 0 spiro atoms. The molecule has 0 atom stereocenters. The first-order chi connectivity index (χ1) is 8.68. The Morgan fingerprint density at radius 2 is 1.89 bits per heavy atom. The zero-order chi connectivity index (χ0) is 13.0. The fraction of sp³-hybridized carbons (Fsp3) is 0.267. The van der Waals surface area contributed by atoms with Crippen molar-refractivity contribution in [1.82, 2.24) is 5.32 Å². The second kappa shape index (κ2) is 5.65. The standard InChI is InChI=1S/C15H17NO2/c1-11(2)18-10-16-15(17)14-9-5-7-12-6-3-4-8-13(12)14/h3-9,11H,10H2,1-2H3,(H,16,17). The number of rotatable bonds is 4. The zero-order valence-corrected chi connectivity index (χ0v) is 10.6. The van der Waals surface area contributed by atoms with E-state index in [9.17, 15) is 4.79 Å². The third-order valence-electron chi connectivity index (χ3n) is 2.68. The topological polar surface area (TPSA) is 38.3 Å². The number of carbonyl (C=O) groups is 1. The molecule has 3 nitrogen and oxygen atoms in total. The molecule has 0 unspecified atom stereocenters. The lowest BCUT2D eigenvalue weighted by Gasteiger charge is -2.10. The molecule has 0 fully saturated rings. The molecule has 18 heavy (non-hydrogen) atoms. The van der Waals surface area contributed by atoms with Crippen molar-refractivity contribution in [3.05, 3.63) is 48.0 Å². The van der Waals surface area contributed by atoms with Crippen LogP contribution < -0.4 is 5.32 Å². The predicted octanol–water partition coefficient (Wildman–Crippen LogP) is 2.95. The summed E-state index contributed by atoms with van der Waals surface area (Å²) >= 11 is 0. The van der Waals surface area contributed by atoms with E-state index in [0.29, 0.717) is 5.56 Å². The zero-order valence-electron chi connectivity index (χ0n) is 10.6. The normalized spacial score (nSPS) is 10.8. The summed E-state index contributed by atoms with van der Waals surface area (Å²) in [6.45, 7) is 4.11. The SMILES string of the molecule is CC(C)OCNC(=O)c1cccc2ccccc12. The van der Waals surface area contributed by atoms with Crippen LogP contribution >= 0.6 is 0 Å². The average Bonchev–Trinajstić information content (AvgIpc) is 2.37. The Labute approximate surface area is 107 Å². The van der Waals surface area contributed by atoms with Crippen LogP contribution in [-0.2, 0) is 4.74 Å². The van der Waals surface area contributed by atoms with Gasteiger partial charge in [-0.05, 0) is 30.7 Å². The van der Waals surface area contributed by atoms with Gasteiger partial charge in [-0.3, -0.25) is 4.79 Å². The number of amides is 1. The lowest BCUT2D eigenvalue weighted by atomic mass is 10.0. The van der Waals surface area contributed by atoms with E-state index in [2.05, 4.69) is 5.32 Å². The number of nitrogens with one attached hydrogen (secondary N) is 1. The highest BCUT2D eigenvalue weighted by Gasteiger charge is 2.08. The molecular weight excluding hydrogens is 226 g/mol. The lowest BCUT2D eigenvalue weighted by molar-refractivity contribution is 0.0561. The van der Waals surface area contributed by atoms with Gasteiger partial charge < -0.3 is 10.1 Å². The average molecular weight is 243 g/mol. The summed E-state index contributed by atoms with van der Waals surface area (Å²) in [6, 6.07) is 13.6. The fourth-order valence-electron chi connectivity index (χ4n) is 1.79. The van der Waals surface area contributed by atoms with Crippen LogP contribution in [0, 0.1) is 0 Å². The van der Waals surface area contributed by atoms with Gasteiger partial charge in [-0.1, -0.05) is 36.4 Å². The van der Waals surface area contributed by atoms with Gasteiger partial charge in [0.2, 0.25) is 0 Å². The second-order valence-corrected chi connectivity index (χ2v) is 4.39. The van der Waals surface area contributed by atoms with E-state index in [1.165, 1.54) is 0 Å². The molecule has 0 saturated carbocycles. The molecule has 2 aromatic carbocycles. The first-order valence-electron chi connectivity index (χ1n) is 6.06. The van der Waals surface area contributed by atoms with Crippen molar-refractivity contribution in [2.45, 2.75) is 20.0 Å². The molecule has 1 amide bonds. The number of benzene rings is 2. The largest absolute Gasteiger partial charge is 0.359 e. The Bertz CT molecular complexity index is 544. The Hall–Kier alpha value is -1.87. The third-order valence-corrected chi connectivity index (χ3v) is 2.68. The molecule has 0 heterocycles. The minimum atomic E-state index is -0.104. The summed E-state index contributed by atoms with van der Waals surface area (Å²) in [5.74, 6) is -0.104. The summed E-state index contributed by atoms with van der Waals surface area (Å²) in [5.41, 5.74) is 0.681. The van der Waals surface area contributed by atoms with Crippen LogP contribution in [0.15, 0.2) is 42.5 Å². The van der Waals surface area contributed by atoms with Crippen molar-refractivity contribution in [2.24, 2.45) is 0 Å². The Morgan fingerprint density at radius 3 is 2.67 bits per heavy atom. The quantitative estimate of drug-likeness (QED) is 0.838. The highest BCUT2D eigenvalue weighted by molar-refractivity contribution is 6.06. The van der Waals surface area contributed by atoms with E-state index in [1.54, 1.807) is 0 Å². The summed E-state index contributed by atoms with van der Waals surface area (Å²) in [7, 11) is 0. The molecule has 94 valence electrons. The van der Waals surface area contributed by atoms with E-state index >= 15 is 0 Å². The minimum Gasteiger partial charge on any atom is -0.359 e. The van der Waals surface area contributed by atoms with Crippen molar-refractivity contribution in [2.75, 3.05) is 6.73 Å². The Kier molecular flexibility index (Phi) is 3.95. The monoisotopic (exact) mass is 243 g/mol. The lowest BCUT2D eigenvalue weighted by Crippen LogP contribution is -2.27. The molecule has 2 aromatic rings. The molecule has 0 aliphatic heterocycles. The molecule has 0 aliphatic rings. The maximum atomic E-state index is 12.0. The molecule has 0 aliphatic carbocycles. The summed E-state index contributed by atoms with van der Waals surface area (Å²) < 4.78 is 5.31. The van der Waals surface area contributed by atoms with E-state index in [-0.39, 0.29) is 18.7 Å². The maximum Gasteiger partial charge on any atom is 0.253 e. The van der Waals surface area contributed by atoms with Gasteiger partial charge in [-0.15, -0.1) is 0 Å². The van der Waals surface area contributed by atoms with E-state index in [0.717, 1.165) is 10.8 Å². The van der Waals surface area contributed by atoms with Crippen LogP contribution in [0.3, 0.4) is 0 Å². The predicted molar refractivity (Wildman–Crippen MR) is 72.5 cm³/mol. The van der Waals surface area contributed by atoms with Crippen LogP contribution in [0.25, 0.3) is 10.8 Å². The van der Waals surface area contributed by atoms with Crippen molar-refractivity contribution < 1.29 is 9.53 Å². The van der Waals surface area contributed by atoms with Crippen molar-refractivity contribution in [3.8, 4) is 0 Å². The van der Waals surface area contributed by atoms with Crippen molar-refractivity contribution in [1.29, 1.82) is 0 Å². The smallest absolute Gasteiger partial charge is 0.253 e. The van der Waals surface area contributed by atoms with Crippen LogP contribution in [0.1, 0.15) is 24.2 Å². The van der Waals surface area contributed by atoms with Gasteiger partial charge in [0.05, 0.1) is 6.10 Å². The van der Waals surface area contributed by atoms with Crippen LogP contribution in [0.5, 0.6) is 0 Å². The molecule has 0 radical (unpaired) electrons. The molecule has 0 bridgehead atoms. The van der Waals surface area contributed by atoms with Gasteiger partial charge in [-0.25, -0.2) is 0 Å². The fourth-order valence-corrected chi connectivity index (χ4v) is 1.79. The summed E-state index contributed by atoms with van der Waals surface area (Å²) in [5, 5.41) is 4.79. The van der Waals surface area contributed by atoms with Gasteiger partial charge >= 0.3 is 0 Å². The number of carbonyl (C=O) groups excluding carboxylic acids is 1. The number of fused-ring (bicyclic) bond motifs is 1. The van der Waals surface area contributed by atoms with Crippen LogP contribution in [0.2, 0.25) is 0 Å². The molecule has 3 heteroatoms. The van der Waals surface area contributed by atoms with Gasteiger partial charge in [0.1, 0.15) is 6.73 Å². The molecule has 1 N–H and O–H groups in total. The van der Waals surface area contributed by atoms with Crippen LogP contribution in [-0.4, -0.2) is 18.7 Å². The third kappa shape index (κ3) is 2.87. The molecule has 0 saturated heterocycles. The van der Waals surface area contributed by atoms with Crippen molar-refractivity contribution >= 4 is 16.7 Å². The van der Waals surface area contributed by atoms with E-state index in [4.69, 9.17) is 4.74 Å². The summed E-state index contributed by atoms with van der Waals surface area (Å²) in [6.07, 6.45) is 0.109.